The van der Waals surface area contributed by atoms with E-state index < -0.39 is 12.0 Å². The number of benzene rings is 1. The molecule has 1 amide bonds. The number of amides is 1. The number of carboxylic acid groups (broad SMARTS) is 1. The summed E-state index contributed by atoms with van der Waals surface area (Å²) in [6, 6.07) is 6.61. The van der Waals surface area contributed by atoms with Crippen LogP contribution in [0.5, 0.6) is 0 Å². The van der Waals surface area contributed by atoms with E-state index in [1.165, 1.54) is 0 Å². The summed E-state index contributed by atoms with van der Waals surface area (Å²) in [6.07, 6.45) is 2.44. The van der Waals surface area contributed by atoms with Crippen LogP contribution in [-0.2, 0) is 9.59 Å². The molecule has 1 aromatic rings. The minimum atomic E-state index is -0.849. The molecule has 0 radical (unpaired) electrons. The molecule has 120 valence electrons. The minimum Gasteiger partial charge on any atom is -0.480 e. The van der Waals surface area contributed by atoms with E-state index in [-0.39, 0.29) is 18.5 Å². The average Bonchev–Trinajstić information content (AvgIpc) is 2.48. The van der Waals surface area contributed by atoms with Gasteiger partial charge in [-0.1, -0.05) is 30.2 Å². The largest absolute Gasteiger partial charge is 0.480 e. The molecule has 2 N–H and O–H groups in total. The Bertz CT molecular complexity index is 533. The van der Waals surface area contributed by atoms with E-state index in [0.29, 0.717) is 18.0 Å². The summed E-state index contributed by atoms with van der Waals surface area (Å²) in [5, 5.41) is 12.8. The number of carbonyl (C=O) groups excluding carboxylic acids is 1. The van der Waals surface area contributed by atoms with Crippen molar-refractivity contribution in [3.8, 4) is 0 Å². The summed E-state index contributed by atoms with van der Waals surface area (Å²) in [7, 11) is 0. The molecular formula is C16H21ClN2O3. The van der Waals surface area contributed by atoms with Crippen molar-refractivity contribution in [2.75, 3.05) is 13.1 Å². The van der Waals surface area contributed by atoms with Crippen molar-refractivity contribution in [2.24, 2.45) is 0 Å². The molecule has 1 fully saturated rings. The molecule has 6 heteroatoms. The molecule has 0 saturated carbocycles. The van der Waals surface area contributed by atoms with Gasteiger partial charge in [-0.3, -0.25) is 14.5 Å². The highest BCUT2D eigenvalue weighted by atomic mass is 35.5. The quantitative estimate of drug-likeness (QED) is 0.873. The predicted molar refractivity (Wildman–Crippen MR) is 84.9 cm³/mol. The highest BCUT2D eigenvalue weighted by Crippen LogP contribution is 2.18. The third-order valence-corrected chi connectivity index (χ3v) is 4.24. The fraction of sp³-hybridized carbons (Fsp3) is 0.500. The van der Waals surface area contributed by atoms with Crippen molar-refractivity contribution in [3.63, 3.8) is 0 Å². The summed E-state index contributed by atoms with van der Waals surface area (Å²) in [5.74, 6) is -1.01. The second kappa shape index (κ2) is 7.61. The molecule has 1 aliphatic heterocycles. The number of halogens is 1. The number of likely N-dealkylation sites (tertiary alicyclic amines) is 1. The molecular weight excluding hydrogens is 304 g/mol. The predicted octanol–water partition coefficient (Wildman–Crippen LogP) is 2.46. The molecule has 1 heterocycles. The zero-order valence-electron chi connectivity index (χ0n) is 12.6. The number of hydrogen-bond donors (Lipinski definition) is 2. The maximum Gasteiger partial charge on any atom is 0.320 e. The van der Waals surface area contributed by atoms with Crippen molar-refractivity contribution >= 4 is 23.5 Å². The number of piperidine rings is 1. The number of aliphatic carboxylic acids is 1. The maximum absolute atomic E-state index is 12.2. The van der Waals surface area contributed by atoms with Gasteiger partial charge in [-0.05, 0) is 44.0 Å². The Morgan fingerprint density at radius 1 is 1.36 bits per heavy atom. The Morgan fingerprint density at radius 3 is 2.68 bits per heavy atom. The Morgan fingerprint density at radius 2 is 2.05 bits per heavy atom. The molecule has 1 aliphatic rings. The first-order valence-corrected chi connectivity index (χ1v) is 7.87. The van der Waals surface area contributed by atoms with Crippen molar-refractivity contribution in [2.45, 2.75) is 38.3 Å². The smallest absolute Gasteiger partial charge is 0.320 e. The van der Waals surface area contributed by atoms with Gasteiger partial charge in [-0.15, -0.1) is 0 Å². The fourth-order valence-electron chi connectivity index (χ4n) is 2.77. The van der Waals surface area contributed by atoms with Crippen molar-refractivity contribution in [1.29, 1.82) is 0 Å². The van der Waals surface area contributed by atoms with E-state index in [0.717, 1.165) is 18.4 Å². The molecule has 2 rings (SSSR count). The van der Waals surface area contributed by atoms with Crippen LogP contribution < -0.4 is 5.32 Å². The molecule has 2 atom stereocenters. The van der Waals surface area contributed by atoms with Crippen molar-refractivity contribution < 1.29 is 14.7 Å². The number of nitrogens with one attached hydrogen (secondary N) is 1. The van der Waals surface area contributed by atoms with Gasteiger partial charge in [-0.25, -0.2) is 0 Å². The summed E-state index contributed by atoms with van der Waals surface area (Å²) >= 11 is 5.85. The number of carboxylic acids is 1. The van der Waals surface area contributed by atoms with Gasteiger partial charge in [0.25, 0.3) is 0 Å². The fourth-order valence-corrected chi connectivity index (χ4v) is 2.89. The third-order valence-electron chi connectivity index (χ3n) is 3.99. The second-order valence-corrected chi connectivity index (χ2v) is 6.10. The zero-order valence-corrected chi connectivity index (χ0v) is 13.3. The number of carbonyl (C=O) groups is 2. The Balaban J connectivity index is 1.91. The number of nitrogens with zero attached hydrogens (tertiary/aromatic N) is 1. The van der Waals surface area contributed by atoms with Crippen LogP contribution in [-0.4, -0.2) is 41.0 Å². The van der Waals surface area contributed by atoms with Crippen molar-refractivity contribution in [1.82, 2.24) is 10.2 Å². The first kappa shape index (κ1) is 16.8. The lowest BCUT2D eigenvalue weighted by molar-refractivity contribution is -0.145. The van der Waals surface area contributed by atoms with Gasteiger partial charge in [-0.2, -0.15) is 0 Å². The Hall–Kier alpha value is -1.59. The van der Waals surface area contributed by atoms with Gasteiger partial charge >= 0.3 is 5.97 Å². The molecule has 5 nitrogen and oxygen atoms in total. The highest BCUT2D eigenvalue weighted by molar-refractivity contribution is 6.30. The average molecular weight is 325 g/mol. The molecule has 0 aliphatic carbocycles. The van der Waals surface area contributed by atoms with Gasteiger partial charge in [0.15, 0.2) is 0 Å². The van der Waals surface area contributed by atoms with Gasteiger partial charge in [0.2, 0.25) is 5.91 Å². The molecule has 1 saturated heterocycles. The summed E-state index contributed by atoms with van der Waals surface area (Å²) in [6.45, 7) is 2.67. The van der Waals surface area contributed by atoms with Crippen LogP contribution in [0.1, 0.15) is 37.8 Å². The molecule has 22 heavy (non-hydrogen) atoms. The van der Waals surface area contributed by atoms with E-state index in [9.17, 15) is 14.7 Å². The van der Waals surface area contributed by atoms with E-state index >= 15 is 0 Å². The molecule has 0 unspecified atom stereocenters. The first-order chi connectivity index (χ1) is 10.5. The molecule has 0 spiro atoms. The van der Waals surface area contributed by atoms with Crippen LogP contribution in [0.25, 0.3) is 0 Å². The van der Waals surface area contributed by atoms with Crippen LogP contribution >= 0.6 is 11.6 Å². The summed E-state index contributed by atoms with van der Waals surface area (Å²) < 4.78 is 0. The molecule has 0 bridgehead atoms. The normalized spacial score (nSPS) is 20.4. The monoisotopic (exact) mass is 324 g/mol. The van der Waals surface area contributed by atoms with Crippen molar-refractivity contribution in [3.05, 3.63) is 34.9 Å². The van der Waals surface area contributed by atoms with E-state index in [1.54, 1.807) is 17.0 Å². The lowest BCUT2D eigenvalue weighted by atomic mass is 10.0. The van der Waals surface area contributed by atoms with Gasteiger partial charge in [0, 0.05) is 5.02 Å². The number of rotatable bonds is 5. The third kappa shape index (κ3) is 4.45. The second-order valence-electron chi connectivity index (χ2n) is 5.66. The summed E-state index contributed by atoms with van der Waals surface area (Å²) in [5.41, 5.74) is 0.964. The SMILES string of the molecule is C[C@@H](NC(=O)CN1CCCC[C@@H]1C(=O)O)c1ccc(Cl)cc1. The van der Waals surface area contributed by atoms with Gasteiger partial charge in [0.1, 0.15) is 6.04 Å². The van der Waals surface area contributed by atoms with Crippen LogP contribution in [0.4, 0.5) is 0 Å². The zero-order chi connectivity index (χ0) is 16.1. The summed E-state index contributed by atoms with van der Waals surface area (Å²) in [4.78, 5) is 25.1. The topological polar surface area (TPSA) is 69.6 Å². The van der Waals surface area contributed by atoms with E-state index in [1.807, 2.05) is 19.1 Å². The first-order valence-electron chi connectivity index (χ1n) is 7.49. The Labute approximate surface area is 135 Å². The molecule has 0 aromatic heterocycles. The molecule has 1 aromatic carbocycles. The van der Waals surface area contributed by atoms with Crippen LogP contribution in [0, 0.1) is 0 Å². The van der Waals surface area contributed by atoms with Gasteiger partial charge in [0.05, 0.1) is 12.6 Å². The number of hydrogen-bond acceptors (Lipinski definition) is 3. The van der Waals surface area contributed by atoms with E-state index in [4.69, 9.17) is 11.6 Å². The maximum atomic E-state index is 12.2. The van der Waals surface area contributed by atoms with Crippen LogP contribution in [0.3, 0.4) is 0 Å². The Kier molecular flexibility index (Phi) is 5.80. The van der Waals surface area contributed by atoms with Crippen LogP contribution in [0.2, 0.25) is 5.02 Å². The highest BCUT2D eigenvalue weighted by Gasteiger charge is 2.29. The minimum absolute atomic E-state index is 0.120. The van der Waals surface area contributed by atoms with E-state index in [2.05, 4.69) is 5.32 Å². The van der Waals surface area contributed by atoms with Crippen LogP contribution in [0.15, 0.2) is 24.3 Å². The standard InChI is InChI=1S/C16H21ClN2O3/c1-11(12-5-7-13(17)8-6-12)18-15(20)10-19-9-3-2-4-14(19)16(21)22/h5-8,11,14H,2-4,9-10H2,1H3,(H,18,20)(H,21,22)/t11-,14-/m1/s1. The lowest BCUT2D eigenvalue weighted by Gasteiger charge is -2.32. The van der Waals surface area contributed by atoms with Gasteiger partial charge < -0.3 is 10.4 Å². The lowest BCUT2D eigenvalue weighted by Crippen LogP contribution is -2.49.